The summed E-state index contributed by atoms with van der Waals surface area (Å²) in [6.07, 6.45) is 0.585. The Morgan fingerprint density at radius 2 is 1.31 bits per heavy atom. The summed E-state index contributed by atoms with van der Waals surface area (Å²) in [5.74, 6) is 0. The Balaban J connectivity index is 1.40. The van der Waals surface area contributed by atoms with Gasteiger partial charge in [-0.25, -0.2) is 0 Å². The summed E-state index contributed by atoms with van der Waals surface area (Å²) >= 11 is 0. The summed E-state index contributed by atoms with van der Waals surface area (Å²) in [7, 11) is 0. The standard InChI is InChI=1S/C30H32O5/c1-2-12-25-27(31-19-22-13-6-3-7-14-22)29(32-20-23-15-8-4-9-16-23)28-26(34-25)21-33-30(35-28)24-17-10-5-11-18-24/h2-11,13-18,25-30H,1,12,19-21H2/t25-,26+,27+,28+,29+,30?/m0/s1. The Bertz CT molecular complexity index is 1040. The van der Waals surface area contributed by atoms with E-state index in [4.69, 9.17) is 23.7 Å². The summed E-state index contributed by atoms with van der Waals surface area (Å²) in [5, 5.41) is 0. The highest BCUT2D eigenvalue weighted by Gasteiger charge is 2.50. The fourth-order valence-electron chi connectivity index (χ4n) is 4.72. The van der Waals surface area contributed by atoms with Gasteiger partial charge in [-0.3, -0.25) is 0 Å². The molecule has 3 aromatic carbocycles. The fraction of sp³-hybridized carbons (Fsp3) is 0.333. The van der Waals surface area contributed by atoms with Crippen LogP contribution in [0.4, 0.5) is 0 Å². The second-order valence-electron chi connectivity index (χ2n) is 8.94. The van der Waals surface area contributed by atoms with E-state index in [1.807, 2.05) is 72.8 Å². The largest absolute Gasteiger partial charge is 0.368 e. The molecular weight excluding hydrogens is 440 g/mol. The number of rotatable bonds is 9. The number of hydrogen-bond acceptors (Lipinski definition) is 5. The highest BCUT2D eigenvalue weighted by Crippen LogP contribution is 2.37. The lowest BCUT2D eigenvalue weighted by molar-refractivity contribution is -0.339. The highest BCUT2D eigenvalue weighted by molar-refractivity contribution is 5.18. The molecule has 2 heterocycles. The number of benzene rings is 3. The molecule has 35 heavy (non-hydrogen) atoms. The minimum Gasteiger partial charge on any atom is -0.368 e. The molecule has 0 bridgehead atoms. The zero-order valence-electron chi connectivity index (χ0n) is 19.8. The van der Waals surface area contributed by atoms with Crippen LogP contribution in [-0.4, -0.2) is 37.1 Å². The second kappa shape index (κ2) is 11.8. The van der Waals surface area contributed by atoms with Crippen molar-refractivity contribution in [1.29, 1.82) is 0 Å². The topological polar surface area (TPSA) is 46.2 Å². The van der Waals surface area contributed by atoms with Crippen molar-refractivity contribution in [2.75, 3.05) is 6.61 Å². The van der Waals surface area contributed by atoms with Crippen LogP contribution in [0.1, 0.15) is 29.4 Å². The van der Waals surface area contributed by atoms with Gasteiger partial charge in [0.15, 0.2) is 6.29 Å². The minimum absolute atomic E-state index is 0.210. The van der Waals surface area contributed by atoms with Gasteiger partial charge in [0.2, 0.25) is 0 Å². The van der Waals surface area contributed by atoms with E-state index in [1.54, 1.807) is 0 Å². The maximum Gasteiger partial charge on any atom is 0.184 e. The first-order chi connectivity index (χ1) is 17.3. The van der Waals surface area contributed by atoms with E-state index in [9.17, 15) is 0 Å². The molecule has 6 atom stereocenters. The summed E-state index contributed by atoms with van der Waals surface area (Å²) < 4.78 is 32.1. The van der Waals surface area contributed by atoms with Gasteiger partial charge < -0.3 is 23.7 Å². The van der Waals surface area contributed by atoms with Gasteiger partial charge in [-0.2, -0.15) is 0 Å². The first-order valence-corrected chi connectivity index (χ1v) is 12.2. The molecule has 1 unspecified atom stereocenters. The van der Waals surface area contributed by atoms with Gasteiger partial charge in [0.25, 0.3) is 0 Å². The molecule has 2 saturated heterocycles. The van der Waals surface area contributed by atoms with E-state index in [1.165, 1.54) is 0 Å². The van der Waals surface area contributed by atoms with Gasteiger partial charge in [0.1, 0.15) is 24.4 Å². The quantitative estimate of drug-likeness (QED) is 0.379. The molecule has 3 aromatic rings. The smallest absolute Gasteiger partial charge is 0.184 e. The van der Waals surface area contributed by atoms with Crippen LogP contribution in [0.5, 0.6) is 0 Å². The van der Waals surface area contributed by atoms with E-state index in [0.29, 0.717) is 26.2 Å². The van der Waals surface area contributed by atoms with E-state index in [0.717, 1.165) is 16.7 Å². The van der Waals surface area contributed by atoms with Gasteiger partial charge in [0, 0.05) is 5.56 Å². The Morgan fingerprint density at radius 1 is 0.743 bits per heavy atom. The van der Waals surface area contributed by atoms with Gasteiger partial charge in [-0.1, -0.05) is 97.1 Å². The van der Waals surface area contributed by atoms with Gasteiger partial charge in [-0.15, -0.1) is 6.58 Å². The Morgan fingerprint density at radius 3 is 1.91 bits per heavy atom. The molecule has 0 N–H and O–H groups in total. The van der Waals surface area contributed by atoms with Gasteiger partial charge in [0.05, 0.1) is 25.9 Å². The van der Waals surface area contributed by atoms with Crippen molar-refractivity contribution < 1.29 is 23.7 Å². The minimum atomic E-state index is -0.477. The molecule has 0 amide bonds. The van der Waals surface area contributed by atoms with E-state index in [-0.39, 0.29) is 30.5 Å². The van der Waals surface area contributed by atoms with Crippen molar-refractivity contribution in [1.82, 2.24) is 0 Å². The predicted molar refractivity (Wildman–Crippen MR) is 134 cm³/mol. The molecule has 0 radical (unpaired) electrons. The van der Waals surface area contributed by atoms with E-state index < -0.39 is 6.29 Å². The number of fused-ring (bicyclic) bond motifs is 1. The molecule has 0 aliphatic carbocycles. The summed E-state index contributed by atoms with van der Waals surface area (Å²) in [6, 6.07) is 30.3. The number of ether oxygens (including phenoxy) is 5. The maximum absolute atomic E-state index is 6.58. The van der Waals surface area contributed by atoms with Crippen LogP contribution in [-0.2, 0) is 36.9 Å². The van der Waals surface area contributed by atoms with Crippen LogP contribution in [0.2, 0.25) is 0 Å². The zero-order valence-corrected chi connectivity index (χ0v) is 19.8. The normalized spacial score (nSPS) is 28.2. The molecule has 0 spiro atoms. The maximum atomic E-state index is 6.58. The molecule has 5 nitrogen and oxygen atoms in total. The first-order valence-electron chi connectivity index (χ1n) is 12.2. The van der Waals surface area contributed by atoms with Crippen LogP contribution >= 0.6 is 0 Å². The van der Waals surface area contributed by atoms with Gasteiger partial charge >= 0.3 is 0 Å². The molecular formula is C30H32O5. The SMILES string of the molecule is C=CC[C@@H]1O[C@@H]2COC(c3ccccc3)O[C@H]2[C@H](OCc2ccccc2)[C@@H]1OCc1ccccc1. The summed E-state index contributed by atoms with van der Waals surface area (Å²) in [6.45, 7) is 5.29. The predicted octanol–water partition coefficient (Wildman–Crippen LogP) is 5.61. The molecule has 2 aliphatic rings. The van der Waals surface area contributed by atoms with Crippen LogP contribution in [0, 0.1) is 0 Å². The molecule has 5 rings (SSSR count). The van der Waals surface area contributed by atoms with Crippen molar-refractivity contribution in [3.8, 4) is 0 Å². The van der Waals surface area contributed by atoms with Crippen molar-refractivity contribution in [3.05, 3.63) is 120 Å². The lowest BCUT2D eigenvalue weighted by atomic mass is 9.92. The zero-order chi connectivity index (χ0) is 23.9. The molecule has 182 valence electrons. The first kappa shape index (κ1) is 23.9. The molecule has 5 heteroatoms. The third-order valence-corrected chi connectivity index (χ3v) is 6.46. The third kappa shape index (κ3) is 5.89. The number of hydrogen-bond donors (Lipinski definition) is 0. The summed E-state index contributed by atoms with van der Waals surface area (Å²) in [5.41, 5.74) is 3.18. The van der Waals surface area contributed by atoms with E-state index in [2.05, 4.69) is 30.8 Å². The van der Waals surface area contributed by atoms with Gasteiger partial charge in [-0.05, 0) is 17.5 Å². The Labute approximate surface area is 207 Å². The highest BCUT2D eigenvalue weighted by atomic mass is 16.7. The Hall–Kier alpha value is -2.80. The van der Waals surface area contributed by atoms with E-state index >= 15 is 0 Å². The Kier molecular flexibility index (Phi) is 8.03. The molecule has 0 aromatic heterocycles. The third-order valence-electron chi connectivity index (χ3n) is 6.46. The monoisotopic (exact) mass is 472 g/mol. The summed E-state index contributed by atoms with van der Waals surface area (Å²) in [4.78, 5) is 0. The van der Waals surface area contributed by atoms with Crippen LogP contribution in [0.15, 0.2) is 104 Å². The van der Waals surface area contributed by atoms with Crippen LogP contribution in [0.3, 0.4) is 0 Å². The van der Waals surface area contributed by atoms with Crippen molar-refractivity contribution >= 4 is 0 Å². The fourth-order valence-corrected chi connectivity index (χ4v) is 4.72. The lowest BCUT2D eigenvalue weighted by Crippen LogP contribution is -2.63. The van der Waals surface area contributed by atoms with Crippen LogP contribution < -0.4 is 0 Å². The lowest BCUT2D eigenvalue weighted by Gasteiger charge is -2.49. The second-order valence-corrected chi connectivity index (χ2v) is 8.94. The van der Waals surface area contributed by atoms with Crippen molar-refractivity contribution in [2.45, 2.75) is 56.4 Å². The van der Waals surface area contributed by atoms with Crippen LogP contribution in [0.25, 0.3) is 0 Å². The molecule has 2 aliphatic heterocycles. The van der Waals surface area contributed by atoms with Crippen molar-refractivity contribution in [2.24, 2.45) is 0 Å². The molecule has 2 fully saturated rings. The molecule has 0 saturated carbocycles. The van der Waals surface area contributed by atoms with Crippen molar-refractivity contribution in [3.63, 3.8) is 0 Å². The average molecular weight is 473 g/mol. The average Bonchev–Trinajstić information content (AvgIpc) is 2.92.